The van der Waals surface area contributed by atoms with Crippen LogP contribution in [-0.2, 0) is 6.54 Å². The Hall–Kier alpha value is -0.930. The summed E-state index contributed by atoms with van der Waals surface area (Å²) in [6, 6.07) is 5.17. The molecule has 2 fully saturated rings. The SMILES string of the molecule is Cc1cc(F)ccc1CN1CCC2(CCNCC2)C1. The van der Waals surface area contributed by atoms with Gasteiger partial charge in [-0.3, -0.25) is 4.90 Å². The second-order valence-electron chi connectivity index (χ2n) is 6.28. The zero-order valence-corrected chi connectivity index (χ0v) is 11.7. The number of benzene rings is 1. The van der Waals surface area contributed by atoms with Crippen LogP contribution in [0, 0.1) is 18.2 Å². The standard InChI is InChI=1S/C16H23FN2/c1-13-10-15(17)3-2-14(13)11-19-9-6-16(12-19)4-7-18-8-5-16/h2-3,10,18H,4-9,11-12H2,1H3. The molecule has 1 spiro atoms. The number of nitrogens with zero attached hydrogens (tertiary/aromatic N) is 1. The first-order valence-corrected chi connectivity index (χ1v) is 7.35. The fourth-order valence-corrected chi connectivity index (χ4v) is 3.61. The number of piperidine rings is 1. The molecule has 2 heterocycles. The van der Waals surface area contributed by atoms with Crippen LogP contribution in [0.15, 0.2) is 18.2 Å². The molecule has 1 N–H and O–H groups in total. The summed E-state index contributed by atoms with van der Waals surface area (Å²) < 4.78 is 13.1. The molecule has 0 saturated carbocycles. The molecule has 1 aromatic carbocycles. The number of halogens is 1. The van der Waals surface area contributed by atoms with E-state index in [2.05, 4.69) is 10.2 Å². The monoisotopic (exact) mass is 262 g/mol. The minimum Gasteiger partial charge on any atom is -0.317 e. The van der Waals surface area contributed by atoms with E-state index in [0.29, 0.717) is 5.41 Å². The number of rotatable bonds is 2. The van der Waals surface area contributed by atoms with Gasteiger partial charge in [0.25, 0.3) is 0 Å². The lowest BCUT2D eigenvalue weighted by Crippen LogP contribution is -2.38. The molecule has 2 nitrogen and oxygen atoms in total. The van der Waals surface area contributed by atoms with Crippen LogP contribution in [0.5, 0.6) is 0 Å². The topological polar surface area (TPSA) is 15.3 Å². The van der Waals surface area contributed by atoms with Gasteiger partial charge in [0.05, 0.1) is 0 Å². The molecule has 3 heteroatoms. The van der Waals surface area contributed by atoms with Crippen molar-refractivity contribution in [1.29, 1.82) is 0 Å². The molecule has 3 rings (SSSR count). The quantitative estimate of drug-likeness (QED) is 0.881. The van der Waals surface area contributed by atoms with Gasteiger partial charge in [0.15, 0.2) is 0 Å². The fourth-order valence-electron chi connectivity index (χ4n) is 3.61. The molecule has 0 bridgehead atoms. The Kier molecular flexibility index (Phi) is 3.59. The molecule has 1 aromatic rings. The Morgan fingerprint density at radius 3 is 2.79 bits per heavy atom. The molecular weight excluding hydrogens is 239 g/mol. The Labute approximate surface area is 115 Å². The third-order valence-corrected chi connectivity index (χ3v) is 4.88. The Morgan fingerprint density at radius 2 is 2.05 bits per heavy atom. The van der Waals surface area contributed by atoms with Gasteiger partial charge in [-0.15, -0.1) is 0 Å². The molecule has 0 amide bonds. The molecule has 104 valence electrons. The molecule has 2 saturated heterocycles. The summed E-state index contributed by atoms with van der Waals surface area (Å²) in [6.45, 7) is 7.73. The summed E-state index contributed by atoms with van der Waals surface area (Å²) in [7, 11) is 0. The normalized spacial score (nSPS) is 23.1. The van der Waals surface area contributed by atoms with Crippen molar-refractivity contribution in [1.82, 2.24) is 10.2 Å². The maximum absolute atomic E-state index is 13.1. The van der Waals surface area contributed by atoms with Gasteiger partial charge in [-0.1, -0.05) is 6.07 Å². The summed E-state index contributed by atoms with van der Waals surface area (Å²) >= 11 is 0. The Morgan fingerprint density at radius 1 is 1.26 bits per heavy atom. The maximum atomic E-state index is 13.1. The Bertz CT molecular complexity index is 452. The van der Waals surface area contributed by atoms with Crippen LogP contribution in [0.3, 0.4) is 0 Å². The molecule has 2 aliphatic rings. The van der Waals surface area contributed by atoms with Crippen molar-refractivity contribution < 1.29 is 4.39 Å². The van der Waals surface area contributed by atoms with E-state index in [1.165, 1.54) is 51.0 Å². The summed E-state index contributed by atoms with van der Waals surface area (Å²) in [5.41, 5.74) is 2.90. The van der Waals surface area contributed by atoms with Gasteiger partial charge in [-0.05, 0) is 74.5 Å². The van der Waals surface area contributed by atoms with Crippen molar-refractivity contribution in [3.63, 3.8) is 0 Å². The average Bonchev–Trinajstić information content (AvgIpc) is 2.77. The maximum Gasteiger partial charge on any atom is 0.123 e. The second kappa shape index (κ2) is 5.22. The average molecular weight is 262 g/mol. The van der Waals surface area contributed by atoms with Crippen molar-refractivity contribution in [2.45, 2.75) is 32.7 Å². The van der Waals surface area contributed by atoms with Crippen molar-refractivity contribution >= 4 is 0 Å². The molecule has 0 aliphatic carbocycles. The van der Waals surface area contributed by atoms with E-state index < -0.39 is 0 Å². The summed E-state index contributed by atoms with van der Waals surface area (Å²) in [5, 5.41) is 3.46. The molecule has 0 aromatic heterocycles. The molecule has 19 heavy (non-hydrogen) atoms. The van der Waals surface area contributed by atoms with E-state index in [-0.39, 0.29) is 5.82 Å². The highest BCUT2D eigenvalue weighted by molar-refractivity contribution is 5.26. The predicted octanol–water partition coefficient (Wildman–Crippen LogP) is 2.71. The van der Waals surface area contributed by atoms with Gasteiger partial charge in [0, 0.05) is 13.1 Å². The number of hydrogen-bond acceptors (Lipinski definition) is 2. The smallest absolute Gasteiger partial charge is 0.123 e. The number of nitrogens with one attached hydrogen (secondary N) is 1. The summed E-state index contributed by atoms with van der Waals surface area (Å²) in [5.74, 6) is -0.127. The van der Waals surface area contributed by atoms with Crippen molar-refractivity contribution in [2.24, 2.45) is 5.41 Å². The Balaban J connectivity index is 1.65. The van der Waals surface area contributed by atoms with Crippen LogP contribution in [0.2, 0.25) is 0 Å². The third-order valence-electron chi connectivity index (χ3n) is 4.88. The predicted molar refractivity (Wildman–Crippen MR) is 75.6 cm³/mol. The van der Waals surface area contributed by atoms with E-state index >= 15 is 0 Å². The lowest BCUT2D eigenvalue weighted by molar-refractivity contribution is 0.194. The lowest BCUT2D eigenvalue weighted by Gasteiger charge is -2.34. The minimum absolute atomic E-state index is 0.127. The number of hydrogen-bond donors (Lipinski definition) is 1. The minimum atomic E-state index is -0.127. The largest absolute Gasteiger partial charge is 0.317 e. The van der Waals surface area contributed by atoms with Crippen molar-refractivity contribution in [3.05, 3.63) is 35.1 Å². The van der Waals surface area contributed by atoms with Gasteiger partial charge in [0.1, 0.15) is 5.82 Å². The molecular formula is C16H23FN2. The summed E-state index contributed by atoms with van der Waals surface area (Å²) in [6.07, 6.45) is 3.95. The lowest BCUT2D eigenvalue weighted by atomic mass is 9.78. The number of aryl methyl sites for hydroxylation is 1. The number of likely N-dealkylation sites (tertiary alicyclic amines) is 1. The third kappa shape index (κ3) is 2.82. The van der Waals surface area contributed by atoms with Gasteiger partial charge >= 0.3 is 0 Å². The van der Waals surface area contributed by atoms with Crippen LogP contribution in [-0.4, -0.2) is 31.1 Å². The zero-order chi connectivity index (χ0) is 13.3. The molecule has 0 unspecified atom stereocenters. The molecule has 0 atom stereocenters. The first kappa shape index (κ1) is 13.1. The first-order chi connectivity index (χ1) is 9.17. The van der Waals surface area contributed by atoms with Crippen LogP contribution in [0.4, 0.5) is 4.39 Å². The van der Waals surface area contributed by atoms with Gasteiger partial charge in [-0.2, -0.15) is 0 Å². The van der Waals surface area contributed by atoms with Crippen LogP contribution < -0.4 is 5.32 Å². The van der Waals surface area contributed by atoms with Crippen LogP contribution >= 0.6 is 0 Å². The van der Waals surface area contributed by atoms with E-state index in [4.69, 9.17) is 0 Å². The zero-order valence-electron chi connectivity index (χ0n) is 11.7. The highest BCUT2D eigenvalue weighted by Crippen LogP contribution is 2.39. The van der Waals surface area contributed by atoms with E-state index in [1.54, 1.807) is 12.1 Å². The van der Waals surface area contributed by atoms with Gasteiger partial charge in [-0.25, -0.2) is 4.39 Å². The van der Waals surface area contributed by atoms with Gasteiger partial charge < -0.3 is 5.32 Å². The van der Waals surface area contributed by atoms with E-state index in [0.717, 1.165) is 12.1 Å². The molecule has 0 radical (unpaired) electrons. The second-order valence-corrected chi connectivity index (χ2v) is 6.28. The van der Waals surface area contributed by atoms with Crippen LogP contribution in [0.25, 0.3) is 0 Å². The summed E-state index contributed by atoms with van der Waals surface area (Å²) in [4.78, 5) is 2.55. The van der Waals surface area contributed by atoms with Crippen molar-refractivity contribution in [2.75, 3.05) is 26.2 Å². The van der Waals surface area contributed by atoms with Crippen LogP contribution in [0.1, 0.15) is 30.4 Å². The first-order valence-electron chi connectivity index (χ1n) is 7.35. The molecule has 2 aliphatic heterocycles. The van der Waals surface area contributed by atoms with Crippen molar-refractivity contribution in [3.8, 4) is 0 Å². The highest BCUT2D eigenvalue weighted by atomic mass is 19.1. The van der Waals surface area contributed by atoms with E-state index in [9.17, 15) is 4.39 Å². The van der Waals surface area contributed by atoms with Gasteiger partial charge in [0.2, 0.25) is 0 Å². The van der Waals surface area contributed by atoms with E-state index in [1.807, 2.05) is 13.0 Å². The fraction of sp³-hybridized carbons (Fsp3) is 0.625. The highest BCUT2D eigenvalue weighted by Gasteiger charge is 2.38.